The maximum absolute atomic E-state index is 10.4. The van der Waals surface area contributed by atoms with Gasteiger partial charge in [-0.25, -0.2) is 0 Å². The van der Waals surface area contributed by atoms with E-state index in [0.717, 1.165) is 11.2 Å². The first kappa shape index (κ1) is 9.29. The molecule has 0 aliphatic heterocycles. The molecule has 0 heterocycles. The minimum absolute atomic E-state index is 0.396. The van der Waals surface area contributed by atoms with Crippen molar-refractivity contribution in [3.05, 3.63) is 30.3 Å². The van der Waals surface area contributed by atoms with Gasteiger partial charge < -0.3 is 4.74 Å². The highest BCUT2D eigenvalue weighted by Gasteiger charge is 2.05. The molecule has 0 aromatic heterocycles. The van der Waals surface area contributed by atoms with E-state index in [4.69, 9.17) is 4.74 Å². The van der Waals surface area contributed by atoms with Gasteiger partial charge in [0.05, 0.1) is 0 Å². The number of methoxy groups -OCH3 is 1. The highest BCUT2D eigenvalue weighted by molar-refractivity contribution is 8.00. The van der Waals surface area contributed by atoms with Crippen LogP contribution in [0.4, 0.5) is 0 Å². The SMILES string of the molecule is COC(C=O)Sc1ccccc1. The number of carbonyl (C=O) groups excluding carboxylic acids is 1. The third-order valence-corrected chi connectivity index (χ3v) is 2.42. The molecule has 0 saturated carbocycles. The van der Waals surface area contributed by atoms with Crippen LogP contribution < -0.4 is 0 Å². The van der Waals surface area contributed by atoms with E-state index in [1.54, 1.807) is 0 Å². The Bertz CT molecular complexity index is 236. The first-order valence-electron chi connectivity index (χ1n) is 3.56. The molecular weight excluding hydrogens is 172 g/mol. The minimum atomic E-state index is -0.396. The van der Waals surface area contributed by atoms with Gasteiger partial charge in [0.25, 0.3) is 0 Å². The molecule has 0 aliphatic carbocycles. The van der Waals surface area contributed by atoms with Crippen LogP contribution >= 0.6 is 11.8 Å². The maximum Gasteiger partial charge on any atom is 0.162 e. The van der Waals surface area contributed by atoms with Crippen molar-refractivity contribution in [3.63, 3.8) is 0 Å². The Morgan fingerprint density at radius 2 is 2.08 bits per heavy atom. The van der Waals surface area contributed by atoms with Crippen molar-refractivity contribution in [2.75, 3.05) is 7.11 Å². The van der Waals surface area contributed by atoms with Crippen molar-refractivity contribution in [2.45, 2.75) is 10.3 Å². The minimum Gasteiger partial charge on any atom is -0.363 e. The monoisotopic (exact) mass is 182 g/mol. The average molecular weight is 182 g/mol. The summed E-state index contributed by atoms with van der Waals surface area (Å²) in [5.41, 5.74) is -0.396. The number of carbonyl (C=O) groups is 1. The smallest absolute Gasteiger partial charge is 0.162 e. The molecule has 0 bridgehead atoms. The summed E-state index contributed by atoms with van der Waals surface area (Å²) < 4.78 is 4.90. The fourth-order valence-corrected chi connectivity index (χ4v) is 1.50. The van der Waals surface area contributed by atoms with Crippen molar-refractivity contribution in [2.24, 2.45) is 0 Å². The van der Waals surface area contributed by atoms with Crippen LogP contribution in [0.25, 0.3) is 0 Å². The van der Waals surface area contributed by atoms with Gasteiger partial charge >= 0.3 is 0 Å². The first-order valence-corrected chi connectivity index (χ1v) is 4.44. The van der Waals surface area contributed by atoms with Gasteiger partial charge in [-0.05, 0) is 12.1 Å². The quantitative estimate of drug-likeness (QED) is 0.404. The van der Waals surface area contributed by atoms with Crippen molar-refractivity contribution in [1.29, 1.82) is 0 Å². The van der Waals surface area contributed by atoms with Crippen molar-refractivity contribution in [3.8, 4) is 0 Å². The Hall–Kier alpha value is -0.800. The topological polar surface area (TPSA) is 26.3 Å². The molecule has 1 atom stereocenters. The highest BCUT2D eigenvalue weighted by Crippen LogP contribution is 2.21. The molecule has 0 aliphatic rings. The van der Waals surface area contributed by atoms with E-state index in [1.807, 2.05) is 30.3 Å². The fourth-order valence-electron chi connectivity index (χ4n) is 0.765. The Balaban J connectivity index is 2.56. The van der Waals surface area contributed by atoms with Crippen molar-refractivity contribution >= 4 is 18.0 Å². The molecule has 0 spiro atoms. The lowest BCUT2D eigenvalue weighted by Crippen LogP contribution is -2.05. The number of hydrogen-bond acceptors (Lipinski definition) is 3. The molecule has 2 nitrogen and oxygen atoms in total. The number of rotatable bonds is 4. The van der Waals surface area contributed by atoms with Gasteiger partial charge in [0.1, 0.15) is 0 Å². The Kier molecular flexibility index (Phi) is 3.84. The maximum atomic E-state index is 10.4. The summed E-state index contributed by atoms with van der Waals surface area (Å²) in [7, 11) is 1.52. The van der Waals surface area contributed by atoms with E-state index in [-0.39, 0.29) is 0 Å². The number of benzene rings is 1. The van der Waals surface area contributed by atoms with E-state index < -0.39 is 5.44 Å². The second-order valence-electron chi connectivity index (χ2n) is 2.17. The second kappa shape index (κ2) is 4.95. The molecule has 0 fully saturated rings. The van der Waals surface area contributed by atoms with E-state index in [0.29, 0.717) is 0 Å². The van der Waals surface area contributed by atoms with Crippen LogP contribution in [0.15, 0.2) is 35.2 Å². The summed E-state index contributed by atoms with van der Waals surface area (Å²) in [6, 6.07) is 9.69. The lowest BCUT2D eigenvalue weighted by molar-refractivity contribution is -0.112. The zero-order chi connectivity index (χ0) is 8.81. The van der Waals surface area contributed by atoms with Gasteiger partial charge in [0.15, 0.2) is 11.7 Å². The van der Waals surface area contributed by atoms with Gasteiger partial charge in [0.2, 0.25) is 0 Å². The summed E-state index contributed by atoms with van der Waals surface area (Å²) in [6.45, 7) is 0. The number of aldehydes is 1. The molecule has 1 unspecified atom stereocenters. The first-order chi connectivity index (χ1) is 5.86. The molecule has 1 aromatic rings. The molecule has 1 aromatic carbocycles. The molecule has 64 valence electrons. The van der Waals surface area contributed by atoms with Gasteiger partial charge in [0, 0.05) is 12.0 Å². The van der Waals surface area contributed by atoms with Crippen molar-refractivity contribution < 1.29 is 9.53 Å². The Labute approximate surface area is 75.9 Å². The molecule has 0 radical (unpaired) electrons. The Morgan fingerprint density at radius 1 is 1.42 bits per heavy atom. The number of thioether (sulfide) groups is 1. The zero-order valence-electron chi connectivity index (χ0n) is 6.77. The van der Waals surface area contributed by atoms with Gasteiger partial charge in [-0.2, -0.15) is 0 Å². The molecule has 1 rings (SSSR count). The number of ether oxygens (including phenoxy) is 1. The van der Waals surface area contributed by atoms with E-state index in [1.165, 1.54) is 18.9 Å². The summed E-state index contributed by atoms with van der Waals surface area (Å²) >= 11 is 1.40. The van der Waals surface area contributed by atoms with Gasteiger partial charge in [-0.15, -0.1) is 0 Å². The summed E-state index contributed by atoms with van der Waals surface area (Å²) in [4.78, 5) is 11.4. The predicted molar refractivity (Wildman–Crippen MR) is 49.2 cm³/mol. The number of hydrogen-bond donors (Lipinski definition) is 0. The van der Waals surface area contributed by atoms with Crippen LogP contribution in [0.3, 0.4) is 0 Å². The largest absolute Gasteiger partial charge is 0.363 e. The van der Waals surface area contributed by atoms with E-state index >= 15 is 0 Å². The predicted octanol–water partition coefficient (Wildman–Crippen LogP) is 1.95. The van der Waals surface area contributed by atoms with Crippen molar-refractivity contribution in [1.82, 2.24) is 0 Å². The lowest BCUT2D eigenvalue weighted by atomic mass is 10.4. The van der Waals surface area contributed by atoms with Crippen LogP contribution in [-0.2, 0) is 9.53 Å². The van der Waals surface area contributed by atoms with Crippen LogP contribution in [0.2, 0.25) is 0 Å². The lowest BCUT2D eigenvalue weighted by Gasteiger charge is -2.06. The third kappa shape index (κ3) is 2.68. The standard InChI is InChI=1S/C9H10O2S/c1-11-9(7-10)12-8-5-3-2-4-6-8/h2-7,9H,1H3. The normalized spacial score (nSPS) is 12.4. The molecule has 12 heavy (non-hydrogen) atoms. The van der Waals surface area contributed by atoms with Gasteiger partial charge in [-0.3, -0.25) is 4.79 Å². The second-order valence-corrected chi connectivity index (χ2v) is 3.34. The summed E-state index contributed by atoms with van der Waals surface area (Å²) in [6.07, 6.45) is 0.789. The van der Waals surface area contributed by atoms with Gasteiger partial charge in [-0.1, -0.05) is 30.0 Å². The molecule has 3 heteroatoms. The fraction of sp³-hybridized carbons (Fsp3) is 0.222. The van der Waals surface area contributed by atoms with Crippen LogP contribution in [0.5, 0.6) is 0 Å². The Morgan fingerprint density at radius 3 is 2.58 bits per heavy atom. The van der Waals surface area contributed by atoms with Crippen LogP contribution in [-0.4, -0.2) is 18.8 Å². The van der Waals surface area contributed by atoms with E-state index in [2.05, 4.69) is 0 Å². The van der Waals surface area contributed by atoms with Crippen LogP contribution in [0, 0.1) is 0 Å². The molecular formula is C9H10O2S. The summed E-state index contributed by atoms with van der Waals surface area (Å²) in [5, 5.41) is 0. The molecule has 0 amide bonds. The van der Waals surface area contributed by atoms with E-state index in [9.17, 15) is 4.79 Å². The molecule has 0 saturated heterocycles. The zero-order valence-corrected chi connectivity index (χ0v) is 7.58. The average Bonchev–Trinajstić information content (AvgIpc) is 2.16. The molecule has 0 N–H and O–H groups in total. The third-order valence-electron chi connectivity index (χ3n) is 1.34. The van der Waals surface area contributed by atoms with Crippen LogP contribution in [0.1, 0.15) is 0 Å². The highest BCUT2D eigenvalue weighted by atomic mass is 32.2. The summed E-state index contributed by atoms with van der Waals surface area (Å²) in [5.74, 6) is 0.